The zero-order valence-corrected chi connectivity index (χ0v) is 11.9. The van der Waals surface area contributed by atoms with Gasteiger partial charge in [-0.15, -0.1) is 0 Å². The standard InChI is InChI=1S/C17H19NO/c1-17(2,3)11-5-8-15-14(9-11)13-7-6-12(19-4)10-16(13)18-15/h5-10,18H,1-4H3. The summed E-state index contributed by atoms with van der Waals surface area (Å²) >= 11 is 0. The molecule has 0 radical (unpaired) electrons. The summed E-state index contributed by atoms with van der Waals surface area (Å²) in [6.07, 6.45) is 0. The van der Waals surface area contributed by atoms with Gasteiger partial charge in [0.1, 0.15) is 5.75 Å². The quantitative estimate of drug-likeness (QED) is 0.672. The van der Waals surface area contributed by atoms with E-state index in [9.17, 15) is 0 Å². The summed E-state index contributed by atoms with van der Waals surface area (Å²) in [6, 6.07) is 12.9. The smallest absolute Gasteiger partial charge is 0.120 e. The fraction of sp³-hybridized carbons (Fsp3) is 0.294. The molecular weight excluding hydrogens is 234 g/mol. The molecule has 0 bridgehead atoms. The highest BCUT2D eigenvalue weighted by atomic mass is 16.5. The molecular formula is C17H19NO. The molecule has 0 spiro atoms. The summed E-state index contributed by atoms with van der Waals surface area (Å²) < 4.78 is 5.28. The van der Waals surface area contributed by atoms with Crippen LogP contribution >= 0.6 is 0 Å². The Labute approximate surface area is 113 Å². The molecule has 0 aliphatic carbocycles. The summed E-state index contributed by atoms with van der Waals surface area (Å²) in [7, 11) is 1.70. The highest BCUT2D eigenvalue weighted by Gasteiger charge is 2.15. The molecule has 3 aromatic rings. The van der Waals surface area contributed by atoms with Crippen LogP contribution in [-0.4, -0.2) is 12.1 Å². The van der Waals surface area contributed by atoms with Gasteiger partial charge >= 0.3 is 0 Å². The van der Waals surface area contributed by atoms with Crippen LogP contribution in [0.5, 0.6) is 5.75 Å². The van der Waals surface area contributed by atoms with Gasteiger partial charge in [0, 0.05) is 22.4 Å². The van der Waals surface area contributed by atoms with Crippen molar-refractivity contribution in [3.8, 4) is 5.75 Å². The minimum Gasteiger partial charge on any atom is -0.497 e. The van der Waals surface area contributed by atoms with Gasteiger partial charge < -0.3 is 9.72 Å². The summed E-state index contributed by atoms with van der Waals surface area (Å²) in [5, 5.41) is 2.53. The van der Waals surface area contributed by atoms with Crippen molar-refractivity contribution in [2.24, 2.45) is 0 Å². The predicted molar refractivity (Wildman–Crippen MR) is 81.1 cm³/mol. The molecule has 0 saturated carbocycles. The van der Waals surface area contributed by atoms with Gasteiger partial charge in [-0.2, -0.15) is 0 Å². The van der Waals surface area contributed by atoms with E-state index in [-0.39, 0.29) is 5.41 Å². The van der Waals surface area contributed by atoms with Crippen molar-refractivity contribution in [1.82, 2.24) is 4.98 Å². The minimum atomic E-state index is 0.171. The number of aromatic amines is 1. The van der Waals surface area contributed by atoms with Gasteiger partial charge in [-0.1, -0.05) is 26.8 Å². The Balaban J connectivity index is 2.30. The first kappa shape index (κ1) is 12.1. The number of benzene rings is 2. The van der Waals surface area contributed by atoms with Gasteiger partial charge in [0.15, 0.2) is 0 Å². The van der Waals surface area contributed by atoms with Gasteiger partial charge in [0.2, 0.25) is 0 Å². The zero-order valence-electron chi connectivity index (χ0n) is 11.9. The molecule has 0 saturated heterocycles. The van der Waals surface area contributed by atoms with E-state index in [2.05, 4.69) is 50.0 Å². The third-order valence-electron chi connectivity index (χ3n) is 3.67. The number of aromatic nitrogens is 1. The molecule has 2 heteroatoms. The normalized spacial score (nSPS) is 12.2. The average Bonchev–Trinajstić information content (AvgIpc) is 2.73. The second-order valence-electron chi connectivity index (χ2n) is 6.05. The maximum absolute atomic E-state index is 5.28. The van der Waals surface area contributed by atoms with E-state index in [0.29, 0.717) is 0 Å². The molecule has 2 nitrogen and oxygen atoms in total. The molecule has 0 amide bonds. The molecule has 1 N–H and O–H groups in total. The zero-order chi connectivity index (χ0) is 13.6. The van der Waals surface area contributed by atoms with Crippen molar-refractivity contribution in [1.29, 1.82) is 0 Å². The lowest BCUT2D eigenvalue weighted by molar-refractivity contribution is 0.415. The average molecular weight is 253 g/mol. The summed E-state index contributed by atoms with van der Waals surface area (Å²) in [5.41, 5.74) is 3.83. The number of hydrogen-bond acceptors (Lipinski definition) is 1. The lowest BCUT2D eigenvalue weighted by Gasteiger charge is -2.18. The van der Waals surface area contributed by atoms with Crippen LogP contribution in [0, 0.1) is 0 Å². The second-order valence-corrected chi connectivity index (χ2v) is 6.05. The number of nitrogens with one attached hydrogen (secondary N) is 1. The van der Waals surface area contributed by atoms with Crippen molar-refractivity contribution >= 4 is 21.8 Å². The Morgan fingerprint density at radius 1 is 0.895 bits per heavy atom. The Morgan fingerprint density at radius 2 is 1.68 bits per heavy atom. The number of hydrogen-bond donors (Lipinski definition) is 1. The molecule has 1 heterocycles. The largest absolute Gasteiger partial charge is 0.497 e. The van der Waals surface area contributed by atoms with Crippen LogP contribution in [0.4, 0.5) is 0 Å². The third kappa shape index (κ3) is 1.97. The fourth-order valence-corrected chi connectivity index (χ4v) is 2.48. The van der Waals surface area contributed by atoms with Gasteiger partial charge in [0.05, 0.1) is 12.6 Å². The maximum atomic E-state index is 5.28. The lowest BCUT2D eigenvalue weighted by atomic mass is 9.86. The molecule has 0 atom stereocenters. The Morgan fingerprint density at radius 3 is 2.37 bits per heavy atom. The summed E-state index contributed by atoms with van der Waals surface area (Å²) in [5.74, 6) is 0.884. The monoisotopic (exact) mass is 253 g/mol. The Bertz CT molecular complexity index is 747. The van der Waals surface area contributed by atoms with Gasteiger partial charge in [-0.05, 0) is 35.2 Å². The van der Waals surface area contributed by atoms with Crippen molar-refractivity contribution in [3.05, 3.63) is 42.0 Å². The first-order valence-corrected chi connectivity index (χ1v) is 6.59. The predicted octanol–water partition coefficient (Wildman–Crippen LogP) is 4.63. The van der Waals surface area contributed by atoms with Crippen LogP contribution < -0.4 is 4.74 Å². The van der Waals surface area contributed by atoms with Crippen molar-refractivity contribution in [2.45, 2.75) is 26.2 Å². The van der Waals surface area contributed by atoms with Crippen LogP contribution in [-0.2, 0) is 5.41 Å². The van der Waals surface area contributed by atoms with E-state index in [1.165, 1.54) is 21.9 Å². The Kier molecular flexibility index (Phi) is 2.56. The topological polar surface area (TPSA) is 25.0 Å². The molecule has 0 fully saturated rings. The summed E-state index contributed by atoms with van der Waals surface area (Å²) in [6.45, 7) is 6.73. The van der Waals surface area contributed by atoms with Crippen LogP contribution in [0.2, 0.25) is 0 Å². The van der Waals surface area contributed by atoms with E-state index in [1.54, 1.807) is 7.11 Å². The van der Waals surface area contributed by atoms with Gasteiger partial charge in [-0.3, -0.25) is 0 Å². The first-order chi connectivity index (χ1) is 8.99. The number of fused-ring (bicyclic) bond motifs is 3. The van der Waals surface area contributed by atoms with Crippen molar-refractivity contribution in [3.63, 3.8) is 0 Å². The second kappa shape index (κ2) is 4.02. The highest BCUT2D eigenvalue weighted by molar-refractivity contribution is 6.07. The molecule has 1 aromatic heterocycles. The number of ether oxygens (including phenoxy) is 1. The maximum Gasteiger partial charge on any atom is 0.120 e. The summed E-state index contributed by atoms with van der Waals surface area (Å²) in [4.78, 5) is 3.45. The number of rotatable bonds is 1. The van der Waals surface area contributed by atoms with E-state index < -0.39 is 0 Å². The molecule has 0 unspecified atom stereocenters. The molecule has 19 heavy (non-hydrogen) atoms. The van der Waals surface area contributed by atoms with E-state index in [1.807, 2.05) is 12.1 Å². The van der Waals surface area contributed by atoms with Crippen LogP contribution in [0.15, 0.2) is 36.4 Å². The van der Waals surface area contributed by atoms with Crippen LogP contribution in [0.3, 0.4) is 0 Å². The van der Waals surface area contributed by atoms with E-state index in [4.69, 9.17) is 4.74 Å². The molecule has 0 aliphatic rings. The van der Waals surface area contributed by atoms with E-state index >= 15 is 0 Å². The molecule has 2 aromatic carbocycles. The Hall–Kier alpha value is -1.96. The van der Waals surface area contributed by atoms with Gasteiger partial charge in [-0.25, -0.2) is 0 Å². The van der Waals surface area contributed by atoms with E-state index in [0.717, 1.165) is 11.3 Å². The van der Waals surface area contributed by atoms with Crippen LogP contribution in [0.25, 0.3) is 21.8 Å². The first-order valence-electron chi connectivity index (χ1n) is 6.59. The number of H-pyrrole nitrogens is 1. The lowest BCUT2D eigenvalue weighted by Crippen LogP contribution is -2.10. The van der Waals surface area contributed by atoms with Gasteiger partial charge in [0.25, 0.3) is 0 Å². The van der Waals surface area contributed by atoms with Crippen molar-refractivity contribution < 1.29 is 4.74 Å². The SMILES string of the molecule is COc1ccc2c(c1)[nH]c1ccc(C(C)(C)C)cc12. The number of methoxy groups -OCH3 is 1. The fourth-order valence-electron chi connectivity index (χ4n) is 2.48. The highest BCUT2D eigenvalue weighted by Crippen LogP contribution is 2.32. The molecule has 98 valence electrons. The van der Waals surface area contributed by atoms with Crippen molar-refractivity contribution in [2.75, 3.05) is 7.11 Å². The third-order valence-corrected chi connectivity index (χ3v) is 3.67. The minimum absolute atomic E-state index is 0.171. The van der Waals surface area contributed by atoms with Crippen LogP contribution in [0.1, 0.15) is 26.3 Å². The molecule has 0 aliphatic heterocycles. The molecule has 3 rings (SSSR count).